The number of carbonyl (C=O) groups excluding carboxylic acids is 2. The number of urea groups is 1. The minimum atomic E-state index is -0.752. The summed E-state index contributed by atoms with van der Waals surface area (Å²) in [5, 5.41) is 11.1. The Labute approximate surface area is 311 Å². The summed E-state index contributed by atoms with van der Waals surface area (Å²) in [4.78, 5) is 40.8. The van der Waals surface area contributed by atoms with Crippen LogP contribution in [0.25, 0.3) is 0 Å². The second-order valence-electron chi connectivity index (χ2n) is 13.2. The molecule has 3 amide bonds. The van der Waals surface area contributed by atoms with E-state index in [0.29, 0.717) is 92.8 Å². The van der Waals surface area contributed by atoms with E-state index in [0.717, 1.165) is 16.7 Å². The molecular formula is C39H46Cl2N6O4. The van der Waals surface area contributed by atoms with Gasteiger partial charge in [-0.15, -0.1) is 0 Å². The van der Waals surface area contributed by atoms with Crippen LogP contribution >= 0.6 is 23.2 Å². The number of carbonyl (C=O) groups is 2. The topological polar surface area (TPSA) is 102 Å². The van der Waals surface area contributed by atoms with Gasteiger partial charge in [-0.05, 0) is 73.9 Å². The number of morpholine rings is 1. The average Bonchev–Trinajstić information content (AvgIpc) is 3.53. The van der Waals surface area contributed by atoms with Crippen LogP contribution in [0, 0.1) is 11.3 Å². The van der Waals surface area contributed by atoms with Crippen LogP contribution in [0.2, 0.25) is 10.0 Å². The molecule has 0 unspecified atom stereocenters. The molecule has 3 heterocycles. The maximum Gasteiger partial charge on any atom is 0.326 e. The summed E-state index contributed by atoms with van der Waals surface area (Å²) in [7, 11) is 0. The number of hydrogen-bond acceptors (Lipinski definition) is 7. The molecule has 270 valence electrons. The molecule has 3 aromatic rings. The highest BCUT2D eigenvalue weighted by Gasteiger charge is 2.45. The van der Waals surface area contributed by atoms with E-state index in [1.165, 1.54) is 0 Å². The van der Waals surface area contributed by atoms with E-state index in [4.69, 9.17) is 37.7 Å². The average molecular weight is 734 g/mol. The quantitative estimate of drug-likeness (QED) is 0.248. The Bertz CT molecular complexity index is 1760. The molecule has 0 N–H and O–H groups in total. The molecule has 2 saturated heterocycles. The molecule has 0 saturated carbocycles. The van der Waals surface area contributed by atoms with Crippen molar-refractivity contribution < 1.29 is 19.1 Å². The molecule has 3 aromatic carbocycles. The highest BCUT2D eigenvalue weighted by Crippen LogP contribution is 2.46. The lowest BCUT2D eigenvalue weighted by Crippen LogP contribution is -2.56. The summed E-state index contributed by atoms with van der Waals surface area (Å²) in [6, 6.07) is 22.0. The molecule has 3 aliphatic heterocycles. The molecule has 0 aliphatic carbocycles. The van der Waals surface area contributed by atoms with Crippen LogP contribution in [0.4, 0.5) is 4.79 Å². The maximum absolute atomic E-state index is 14.9. The number of nitrogens with zero attached hydrogens (tertiary/aromatic N) is 6. The van der Waals surface area contributed by atoms with Gasteiger partial charge in [-0.2, -0.15) is 5.26 Å². The van der Waals surface area contributed by atoms with Gasteiger partial charge in [0, 0.05) is 49.3 Å². The lowest BCUT2D eigenvalue weighted by molar-refractivity contribution is -0.136. The number of piperazine rings is 1. The zero-order chi connectivity index (χ0) is 35.4. The molecule has 51 heavy (non-hydrogen) atoms. The standard InChI is InChI=1S/C38H42Cl2N6O4.CH4/c1-4-50-32-23-28(38(2,3)25-41)9-14-31(32)36-42-34(26-5-10-29(39)11-6-26)35(27-7-12-30(40)13-8-27)46(36)37(48)45-17-15-43(16-18-45)24-33(47)44-19-21-49-22-20-44;/h5-14,23,34-35H,4,15-22,24H2,1-3H3;1H4/t34-,35+;/m0./s1. The maximum atomic E-state index is 14.9. The van der Waals surface area contributed by atoms with Crippen molar-refractivity contribution in [3.05, 3.63) is 99.0 Å². The number of aliphatic imine (C=N–C) groups is 1. The summed E-state index contributed by atoms with van der Waals surface area (Å²) >= 11 is 12.6. The smallest absolute Gasteiger partial charge is 0.326 e. The van der Waals surface area contributed by atoms with Crippen molar-refractivity contribution in [3.8, 4) is 11.8 Å². The molecule has 2 fully saturated rings. The molecule has 6 rings (SSSR count). The second-order valence-corrected chi connectivity index (χ2v) is 14.1. The first-order valence-corrected chi connectivity index (χ1v) is 17.8. The van der Waals surface area contributed by atoms with Gasteiger partial charge in [0.15, 0.2) is 0 Å². The Balaban J connectivity index is 0.00000504. The van der Waals surface area contributed by atoms with Gasteiger partial charge in [-0.1, -0.05) is 61.0 Å². The molecule has 10 nitrogen and oxygen atoms in total. The first-order chi connectivity index (χ1) is 24.1. The van der Waals surface area contributed by atoms with Gasteiger partial charge in [0.05, 0.1) is 49.5 Å². The second kappa shape index (κ2) is 16.5. The lowest BCUT2D eigenvalue weighted by atomic mass is 9.85. The molecular weight excluding hydrogens is 687 g/mol. The molecule has 0 bridgehead atoms. The third kappa shape index (κ3) is 8.34. The van der Waals surface area contributed by atoms with E-state index in [2.05, 4.69) is 11.0 Å². The first kappa shape index (κ1) is 38.1. The number of rotatable bonds is 8. The highest BCUT2D eigenvalue weighted by atomic mass is 35.5. The van der Waals surface area contributed by atoms with Crippen molar-refractivity contribution in [2.45, 2.75) is 45.7 Å². The Hall–Kier alpha value is -4.14. The Morgan fingerprint density at radius 1 is 0.902 bits per heavy atom. The highest BCUT2D eigenvalue weighted by molar-refractivity contribution is 6.30. The minimum Gasteiger partial charge on any atom is -0.493 e. The fraction of sp³-hybridized carbons (Fsp3) is 0.436. The Morgan fingerprint density at radius 2 is 1.51 bits per heavy atom. The van der Waals surface area contributed by atoms with E-state index < -0.39 is 17.5 Å². The number of ether oxygens (including phenoxy) is 2. The number of hydrogen-bond donors (Lipinski definition) is 0. The van der Waals surface area contributed by atoms with E-state index in [9.17, 15) is 14.9 Å². The van der Waals surface area contributed by atoms with Crippen LogP contribution in [0.5, 0.6) is 5.75 Å². The Kier molecular flexibility index (Phi) is 12.3. The monoisotopic (exact) mass is 732 g/mol. The number of amidine groups is 1. The van der Waals surface area contributed by atoms with Crippen LogP contribution in [0.15, 0.2) is 71.7 Å². The number of nitriles is 1. The first-order valence-electron chi connectivity index (χ1n) is 17.0. The summed E-state index contributed by atoms with van der Waals surface area (Å²) in [6.07, 6.45) is 0. The molecule has 0 aromatic heterocycles. The zero-order valence-electron chi connectivity index (χ0n) is 28.6. The minimum absolute atomic E-state index is 0. The van der Waals surface area contributed by atoms with Gasteiger partial charge in [0.2, 0.25) is 5.91 Å². The summed E-state index contributed by atoms with van der Waals surface area (Å²) in [5.41, 5.74) is 2.47. The number of halogens is 2. The summed E-state index contributed by atoms with van der Waals surface area (Å²) in [6.45, 7) is 10.7. The zero-order valence-corrected chi connectivity index (χ0v) is 30.2. The molecule has 0 spiro atoms. The van der Waals surface area contributed by atoms with Gasteiger partial charge in [-0.3, -0.25) is 19.6 Å². The summed E-state index contributed by atoms with van der Waals surface area (Å²) in [5.74, 6) is 1.11. The third-order valence-corrected chi connectivity index (χ3v) is 10.1. The predicted octanol–water partition coefficient (Wildman–Crippen LogP) is 6.97. The summed E-state index contributed by atoms with van der Waals surface area (Å²) < 4.78 is 11.6. The fourth-order valence-electron chi connectivity index (χ4n) is 6.64. The number of amides is 3. The van der Waals surface area contributed by atoms with E-state index >= 15 is 0 Å². The van der Waals surface area contributed by atoms with Crippen LogP contribution in [-0.2, 0) is 14.9 Å². The SMILES string of the molecule is C.CCOc1cc(C(C)(C)C#N)ccc1C1=N[C@@H](c2ccc(Cl)cc2)[C@@H](c2ccc(Cl)cc2)N1C(=O)N1CCN(CC(=O)N2CCOCC2)CC1. The normalized spacial score (nSPS) is 19.6. The van der Waals surface area contributed by atoms with E-state index in [-0.39, 0.29) is 19.4 Å². The lowest BCUT2D eigenvalue weighted by Gasteiger charge is -2.39. The van der Waals surface area contributed by atoms with Crippen molar-refractivity contribution in [2.24, 2.45) is 4.99 Å². The predicted molar refractivity (Wildman–Crippen MR) is 201 cm³/mol. The van der Waals surface area contributed by atoms with Crippen LogP contribution in [0.3, 0.4) is 0 Å². The Morgan fingerprint density at radius 3 is 2.10 bits per heavy atom. The molecule has 3 aliphatic rings. The van der Waals surface area contributed by atoms with Crippen molar-refractivity contribution in [2.75, 3.05) is 65.6 Å². The van der Waals surface area contributed by atoms with E-state index in [1.54, 1.807) is 4.90 Å². The van der Waals surface area contributed by atoms with Crippen molar-refractivity contribution in [1.29, 1.82) is 5.26 Å². The van der Waals surface area contributed by atoms with Crippen molar-refractivity contribution in [3.63, 3.8) is 0 Å². The van der Waals surface area contributed by atoms with Gasteiger partial charge in [0.25, 0.3) is 0 Å². The van der Waals surface area contributed by atoms with E-state index in [1.807, 2.05) is 97.3 Å². The molecule has 2 atom stereocenters. The van der Waals surface area contributed by atoms with Crippen molar-refractivity contribution >= 4 is 41.0 Å². The molecule has 12 heteroatoms. The van der Waals surface area contributed by atoms with Crippen LogP contribution in [0.1, 0.15) is 62.5 Å². The van der Waals surface area contributed by atoms with Gasteiger partial charge in [-0.25, -0.2) is 4.79 Å². The number of benzene rings is 3. The largest absolute Gasteiger partial charge is 0.493 e. The van der Waals surface area contributed by atoms with Gasteiger partial charge in [0.1, 0.15) is 17.6 Å². The van der Waals surface area contributed by atoms with Crippen LogP contribution in [-0.4, -0.2) is 103 Å². The molecule has 0 radical (unpaired) electrons. The fourth-order valence-corrected chi connectivity index (χ4v) is 6.90. The van der Waals surface area contributed by atoms with Gasteiger partial charge < -0.3 is 19.3 Å². The van der Waals surface area contributed by atoms with Gasteiger partial charge >= 0.3 is 6.03 Å². The third-order valence-electron chi connectivity index (χ3n) is 9.58. The van der Waals surface area contributed by atoms with Crippen LogP contribution < -0.4 is 4.74 Å². The van der Waals surface area contributed by atoms with Crippen molar-refractivity contribution in [1.82, 2.24) is 19.6 Å².